The van der Waals surface area contributed by atoms with E-state index in [9.17, 15) is 14.4 Å². The van der Waals surface area contributed by atoms with Crippen molar-refractivity contribution in [1.82, 2.24) is 28.7 Å². The molecule has 0 fully saturated rings. The number of benzene rings is 1. The number of carbonyl (C=O) groups is 1. The van der Waals surface area contributed by atoms with E-state index < -0.39 is 11.2 Å². The number of carbonyl (C=O) groups excluding carboxylic acids is 1. The number of halogens is 1. The Kier molecular flexibility index (Phi) is 4.56. The summed E-state index contributed by atoms with van der Waals surface area (Å²) in [5.41, 5.74) is 1.10. The van der Waals surface area contributed by atoms with Gasteiger partial charge >= 0.3 is 5.69 Å². The minimum atomic E-state index is -0.534. The largest absolute Gasteiger partial charge is 0.357 e. The van der Waals surface area contributed by atoms with Gasteiger partial charge in [0.05, 0.1) is 6.54 Å². The van der Waals surface area contributed by atoms with Crippen molar-refractivity contribution in [2.24, 2.45) is 14.1 Å². The fourth-order valence-corrected chi connectivity index (χ4v) is 4.08. The maximum atomic E-state index is 13.3. The quantitative estimate of drug-likeness (QED) is 0.424. The Balaban J connectivity index is 1.67. The van der Waals surface area contributed by atoms with Crippen molar-refractivity contribution in [2.75, 3.05) is 0 Å². The van der Waals surface area contributed by atoms with Gasteiger partial charge in [0.25, 0.3) is 5.56 Å². The number of ketones is 1. The van der Waals surface area contributed by atoms with Gasteiger partial charge in [-0.15, -0.1) is 0 Å². The summed E-state index contributed by atoms with van der Waals surface area (Å²) >= 11 is 6.24. The van der Waals surface area contributed by atoms with E-state index >= 15 is 0 Å². The zero-order valence-electron chi connectivity index (χ0n) is 17.2. The molecule has 4 aromatic heterocycles. The van der Waals surface area contributed by atoms with Crippen LogP contribution < -0.4 is 11.2 Å². The van der Waals surface area contributed by atoms with Gasteiger partial charge in [-0.05, 0) is 30.3 Å². The SMILES string of the molecule is Cn1c(C(=O)c2ccncc2)nc2c1c(=O)n(Cc1cc3c(Cl)cccc3[nH]1)c(=O)n2C. The molecule has 10 heteroatoms. The molecule has 0 saturated heterocycles. The van der Waals surface area contributed by atoms with Crippen LogP contribution in [0.15, 0.2) is 58.4 Å². The van der Waals surface area contributed by atoms with Crippen molar-refractivity contribution in [3.8, 4) is 0 Å². The van der Waals surface area contributed by atoms with Gasteiger partial charge in [-0.1, -0.05) is 17.7 Å². The highest BCUT2D eigenvalue weighted by molar-refractivity contribution is 6.35. The van der Waals surface area contributed by atoms with Gasteiger partial charge < -0.3 is 9.55 Å². The lowest BCUT2D eigenvalue weighted by molar-refractivity contribution is 0.102. The van der Waals surface area contributed by atoms with E-state index in [-0.39, 0.29) is 29.3 Å². The predicted molar refractivity (Wildman–Crippen MR) is 120 cm³/mol. The minimum absolute atomic E-state index is 0.0191. The number of aromatic nitrogens is 6. The monoisotopic (exact) mass is 448 g/mol. The number of aryl methyl sites for hydroxylation is 2. The Hall–Kier alpha value is -3.98. The summed E-state index contributed by atoms with van der Waals surface area (Å²) in [6, 6.07) is 10.4. The molecular formula is C22H17ClN6O3. The maximum absolute atomic E-state index is 13.3. The van der Waals surface area contributed by atoms with Crippen molar-refractivity contribution in [1.29, 1.82) is 0 Å². The van der Waals surface area contributed by atoms with Gasteiger partial charge in [-0.3, -0.25) is 23.7 Å². The van der Waals surface area contributed by atoms with E-state index in [1.54, 1.807) is 25.2 Å². The third-order valence-electron chi connectivity index (χ3n) is 5.50. The molecule has 0 spiro atoms. The maximum Gasteiger partial charge on any atom is 0.332 e. The molecular weight excluding hydrogens is 432 g/mol. The molecule has 32 heavy (non-hydrogen) atoms. The van der Waals surface area contributed by atoms with E-state index in [0.717, 1.165) is 15.5 Å². The molecule has 0 atom stereocenters. The summed E-state index contributed by atoms with van der Waals surface area (Å²) in [5.74, 6) is -0.303. The topological polar surface area (TPSA) is 108 Å². The highest BCUT2D eigenvalue weighted by atomic mass is 35.5. The van der Waals surface area contributed by atoms with E-state index in [4.69, 9.17) is 11.6 Å². The molecule has 5 aromatic rings. The van der Waals surface area contributed by atoms with Gasteiger partial charge in [0.15, 0.2) is 17.0 Å². The average molecular weight is 449 g/mol. The number of H-pyrrole nitrogens is 1. The van der Waals surface area contributed by atoms with E-state index in [1.165, 1.54) is 28.6 Å². The Bertz CT molecular complexity index is 1640. The number of imidazole rings is 1. The summed E-state index contributed by atoms with van der Waals surface area (Å²) in [6.45, 7) is 0.0191. The number of hydrogen-bond acceptors (Lipinski definition) is 5. The molecule has 160 valence electrons. The zero-order valence-corrected chi connectivity index (χ0v) is 17.9. The zero-order chi connectivity index (χ0) is 22.6. The Morgan fingerprint density at radius 2 is 1.84 bits per heavy atom. The van der Waals surface area contributed by atoms with Crippen LogP contribution in [0.1, 0.15) is 21.9 Å². The summed E-state index contributed by atoms with van der Waals surface area (Å²) in [6.07, 6.45) is 3.01. The lowest BCUT2D eigenvalue weighted by Crippen LogP contribution is -2.39. The number of nitrogens with one attached hydrogen (secondary N) is 1. The lowest BCUT2D eigenvalue weighted by atomic mass is 10.2. The molecule has 0 bridgehead atoms. The average Bonchev–Trinajstić information content (AvgIpc) is 3.37. The first-order valence-corrected chi connectivity index (χ1v) is 10.1. The molecule has 1 N–H and O–H groups in total. The standard InChI is InChI=1S/C22H17ClN6O3/c1-27-17-19(26-20(27)18(30)12-6-8-24-9-7-12)28(2)22(32)29(21(17)31)11-13-10-14-15(23)4-3-5-16(14)25-13/h3-10,25H,11H2,1-2H3. The van der Waals surface area contributed by atoms with Gasteiger partial charge in [0.1, 0.15) is 0 Å². The molecule has 0 aliphatic carbocycles. The summed E-state index contributed by atoms with van der Waals surface area (Å²) in [5, 5.41) is 1.38. The van der Waals surface area contributed by atoms with Gasteiger partial charge in [-0.25, -0.2) is 9.78 Å². The molecule has 9 nitrogen and oxygen atoms in total. The second-order valence-corrected chi connectivity index (χ2v) is 7.87. The van der Waals surface area contributed by atoms with Gasteiger partial charge in [-0.2, -0.15) is 0 Å². The lowest BCUT2D eigenvalue weighted by Gasteiger charge is -2.07. The van der Waals surface area contributed by atoms with Crippen molar-refractivity contribution in [3.63, 3.8) is 0 Å². The Labute approximate surface area is 185 Å². The molecule has 0 saturated carbocycles. The normalized spacial score (nSPS) is 11.5. The van der Waals surface area contributed by atoms with Crippen molar-refractivity contribution in [3.05, 3.63) is 91.7 Å². The Morgan fingerprint density at radius 3 is 2.56 bits per heavy atom. The fourth-order valence-electron chi connectivity index (χ4n) is 3.85. The van der Waals surface area contributed by atoms with Crippen molar-refractivity contribution < 1.29 is 4.79 Å². The first-order valence-electron chi connectivity index (χ1n) is 9.74. The van der Waals surface area contributed by atoms with Crippen LogP contribution in [0.4, 0.5) is 0 Å². The number of nitrogens with zero attached hydrogens (tertiary/aromatic N) is 5. The number of rotatable bonds is 4. The molecule has 4 heterocycles. The van der Waals surface area contributed by atoms with E-state index in [0.29, 0.717) is 16.3 Å². The fraction of sp³-hybridized carbons (Fsp3) is 0.136. The van der Waals surface area contributed by atoms with Crippen LogP contribution in [0.5, 0.6) is 0 Å². The summed E-state index contributed by atoms with van der Waals surface area (Å²) < 4.78 is 3.82. The first-order chi connectivity index (χ1) is 15.4. The smallest absolute Gasteiger partial charge is 0.332 e. The van der Waals surface area contributed by atoms with Crippen LogP contribution in [0.2, 0.25) is 5.02 Å². The highest BCUT2D eigenvalue weighted by Crippen LogP contribution is 2.24. The molecule has 0 radical (unpaired) electrons. The molecule has 0 amide bonds. The number of fused-ring (bicyclic) bond motifs is 2. The van der Waals surface area contributed by atoms with Gasteiger partial charge in [0.2, 0.25) is 5.78 Å². The third kappa shape index (κ3) is 2.97. The van der Waals surface area contributed by atoms with Crippen LogP contribution in [-0.2, 0) is 20.6 Å². The van der Waals surface area contributed by atoms with Crippen LogP contribution in [0.3, 0.4) is 0 Å². The molecule has 0 aliphatic rings. The van der Waals surface area contributed by atoms with Gasteiger partial charge in [0, 0.05) is 53.7 Å². The predicted octanol–water partition coefficient (Wildman–Crippen LogP) is 2.24. The van der Waals surface area contributed by atoms with Crippen LogP contribution in [-0.4, -0.2) is 34.4 Å². The number of hydrogen-bond donors (Lipinski definition) is 1. The summed E-state index contributed by atoms with van der Waals surface area (Å²) in [7, 11) is 3.11. The highest BCUT2D eigenvalue weighted by Gasteiger charge is 2.23. The third-order valence-corrected chi connectivity index (χ3v) is 5.83. The van der Waals surface area contributed by atoms with Crippen molar-refractivity contribution in [2.45, 2.75) is 6.54 Å². The number of aromatic amines is 1. The molecule has 5 rings (SSSR count). The van der Waals surface area contributed by atoms with E-state index in [1.807, 2.05) is 18.2 Å². The van der Waals surface area contributed by atoms with Crippen molar-refractivity contribution >= 4 is 39.5 Å². The molecule has 1 aromatic carbocycles. The minimum Gasteiger partial charge on any atom is -0.357 e. The second-order valence-electron chi connectivity index (χ2n) is 7.46. The molecule has 0 unspecified atom stereocenters. The van der Waals surface area contributed by atoms with Crippen LogP contribution in [0, 0.1) is 0 Å². The molecule has 0 aliphatic heterocycles. The Morgan fingerprint density at radius 1 is 1.09 bits per heavy atom. The van der Waals surface area contributed by atoms with Crippen LogP contribution in [0.25, 0.3) is 22.1 Å². The summed E-state index contributed by atoms with van der Waals surface area (Å²) in [4.78, 5) is 50.7. The second kappa shape index (κ2) is 7.31. The van der Waals surface area contributed by atoms with E-state index in [2.05, 4.69) is 15.0 Å². The van der Waals surface area contributed by atoms with Crippen LogP contribution >= 0.6 is 11.6 Å². The first kappa shape index (κ1) is 20.0. The number of pyridine rings is 1.